The van der Waals surface area contributed by atoms with E-state index < -0.39 is 17.9 Å². The second-order valence-electron chi connectivity index (χ2n) is 5.59. The zero-order valence-corrected chi connectivity index (χ0v) is 12.3. The van der Waals surface area contributed by atoms with Gasteiger partial charge in [0.25, 0.3) is 0 Å². The van der Waals surface area contributed by atoms with Gasteiger partial charge in [-0.25, -0.2) is 4.79 Å². The Morgan fingerprint density at radius 2 is 2.05 bits per heavy atom. The van der Waals surface area contributed by atoms with Crippen molar-refractivity contribution in [3.63, 3.8) is 0 Å². The Bertz CT molecular complexity index is 695. The first-order valence-electron chi connectivity index (χ1n) is 6.59. The average molecular weight is 283 g/mol. The summed E-state index contributed by atoms with van der Waals surface area (Å²) in [6, 6.07) is 9.50. The maximum atomic E-state index is 11.7. The van der Waals surface area contributed by atoms with E-state index in [9.17, 15) is 4.79 Å². The molecule has 0 saturated carbocycles. The molecule has 2 rings (SSSR count). The lowest BCUT2D eigenvalue weighted by Crippen LogP contribution is -2.25. The Morgan fingerprint density at radius 3 is 2.71 bits per heavy atom. The molecule has 0 amide bonds. The number of aromatic nitrogens is 1. The largest absolute Gasteiger partial charge is 0.510 e. The summed E-state index contributed by atoms with van der Waals surface area (Å²) in [6.07, 6.45) is 5.44. The quantitative estimate of drug-likeness (QED) is 0.620. The van der Waals surface area contributed by atoms with Crippen molar-refractivity contribution in [2.24, 2.45) is 0 Å². The first-order valence-corrected chi connectivity index (χ1v) is 6.59. The zero-order chi connectivity index (χ0) is 15.5. The molecular weight excluding hydrogens is 266 g/mol. The minimum Gasteiger partial charge on any atom is -0.429 e. The molecule has 0 radical (unpaired) electrons. The molecule has 0 N–H and O–H groups in total. The van der Waals surface area contributed by atoms with Crippen molar-refractivity contribution in [3.8, 4) is 12.3 Å². The predicted molar refractivity (Wildman–Crippen MR) is 80.6 cm³/mol. The first kappa shape index (κ1) is 14.9. The van der Waals surface area contributed by atoms with Crippen LogP contribution in [-0.2, 0) is 9.47 Å². The predicted octanol–water partition coefficient (Wildman–Crippen LogP) is 3.86. The van der Waals surface area contributed by atoms with Crippen molar-refractivity contribution < 1.29 is 14.3 Å². The van der Waals surface area contributed by atoms with Crippen LogP contribution in [0.2, 0.25) is 0 Å². The fourth-order valence-electron chi connectivity index (χ4n) is 1.80. The minimum absolute atomic E-state index is 0.627. The van der Waals surface area contributed by atoms with Crippen LogP contribution in [-0.4, -0.2) is 16.7 Å². The minimum atomic E-state index is -0.822. The van der Waals surface area contributed by atoms with Gasteiger partial charge in [-0.3, -0.25) is 4.98 Å². The summed E-state index contributed by atoms with van der Waals surface area (Å²) >= 11 is 0. The molecule has 0 fully saturated rings. The molecule has 21 heavy (non-hydrogen) atoms. The number of terminal acetylenes is 1. The van der Waals surface area contributed by atoms with E-state index in [-0.39, 0.29) is 0 Å². The highest BCUT2D eigenvalue weighted by atomic mass is 16.7. The molecule has 1 unspecified atom stereocenters. The van der Waals surface area contributed by atoms with Crippen LogP contribution >= 0.6 is 0 Å². The molecule has 0 aliphatic carbocycles. The second-order valence-corrected chi connectivity index (χ2v) is 5.59. The summed E-state index contributed by atoms with van der Waals surface area (Å²) in [6.45, 7) is 5.28. The van der Waals surface area contributed by atoms with Gasteiger partial charge in [0.1, 0.15) is 5.60 Å². The van der Waals surface area contributed by atoms with Crippen LogP contribution in [0, 0.1) is 12.3 Å². The van der Waals surface area contributed by atoms with Gasteiger partial charge in [0, 0.05) is 17.1 Å². The first-order chi connectivity index (χ1) is 9.89. The van der Waals surface area contributed by atoms with Gasteiger partial charge >= 0.3 is 6.16 Å². The molecule has 1 heterocycles. The number of fused-ring (bicyclic) bond motifs is 1. The number of carbonyl (C=O) groups is 1. The summed E-state index contributed by atoms with van der Waals surface area (Å²) in [5, 5.41) is 0.933. The molecule has 1 aromatic heterocycles. The molecule has 0 aliphatic rings. The third kappa shape index (κ3) is 3.96. The Labute approximate surface area is 124 Å². The summed E-state index contributed by atoms with van der Waals surface area (Å²) in [5.74, 6) is 2.44. The molecule has 0 spiro atoms. The summed E-state index contributed by atoms with van der Waals surface area (Å²) in [5.41, 5.74) is 0.870. The number of nitrogens with zero attached hydrogens (tertiary/aromatic N) is 1. The van der Waals surface area contributed by atoms with Crippen molar-refractivity contribution in [1.82, 2.24) is 4.98 Å². The van der Waals surface area contributed by atoms with Gasteiger partial charge in [-0.05, 0) is 32.9 Å². The number of ether oxygens (including phenoxy) is 2. The number of para-hydroxylation sites is 1. The van der Waals surface area contributed by atoms with Crippen molar-refractivity contribution in [1.29, 1.82) is 0 Å². The second kappa shape index (κ2) is 5.84. The maximum Gasteiger partial charge on any atom is 0.510 e. The molecule has 1 atom stereocenters. The summed E-state index contributed by atoms with van der Waals surface area (Å²) < 4.78 is 10.3. The van der Waals surface area contributed by atoms with Crippen LogP contribution < -0.4 is 0 Å². The molecule has 4 nitrogen and oxygen atoms in total. The Morgan fingerprint density at radius 1 is 1.33 bits per heavy atom. The monoisotopic (exact) mass is 283 g/mol. The molecule has 2 aromatic rings. The number of rotatable bonds is 2. The lowest BCUT2D eigenvalue weighted by molar-refractivity contribution is -0.0173. The average Bonchev–Trinajstić information content (AvgIpc) is 2.42. The SMILES string of the molecule is C#CC(OC(=O)OC(C)(C)C)c1cnc2ccccc2c1. The van der Waals surface area contributed by atoms with E-state index in [0.29, 0.717) is 5.56 Å². The molecule has 0 saturated heterocycles. The van der Waals surface area contributed by atoms with E-state index in [0.717, 1.165) is 10.9 Å². The highest BCUT2D eigenvalue weighted by Gasteiger charge is 2.21. The maximum absolute atomic E-state index is 11.7. The number of carbonyl (C=O) groups excluding carboxylic acids is 1. The summed E-state index contributed by atoms with van der Waals surface area (Å²) in [4.78, 5) is 16.0. The van der Waals surface area contributed by atoms with E-state index >= 15 is 0 Å². The van der Waals surface area contributed by atoms with Gasteiger partial charge in [-0.1, -0.05) is 24.1 Å². The lowest BCUT2D eigenvalue weighted by Gasteiger charge is -2.20. The Balaban J connectivity index is 2.20. The van der Waals surface area contributed by atoms with Gasteiger partial charge in [0.15, 0.2) is 6.10 Å². The number of benzene rings is 1. The van der Waals surface area contributed by atoms with Crippen LogP contribution in [0.25, 0.3) is 10.9 Å². The Kier molecular flexibility index (Phi) is 4.13. The number of hydrogen-bond donors (Lipinski definition) is 0. The van der Waals surface area contributed by atoms with E-state index in [1.165, 1.54) is 0 Å². The molecule has 0 bridgehead atoms. The third-order valence-corrected chi connectivity index (χ3v) is 2.67. The van der Waals surface area contributed by atoms with Gasteiger partial charge in [-0.2, -0.15) is 0 Å². The third-order valence-electron chi connectivity index (χ3n) is 2.67. The summed E-state index contributed by atoms with van der Waals surface area (Å²) in [7, 11) is 0. The molecule has 108 valence electrons. The van der Waals surface area contributed by atoms with E-state index in [1.807, 2.05) is 30.3 Å². The Hall–Kier alpha value is -2.54. The van der Waals surface area contributed by atoms with E-state index in [1.54, 1.807) is 27.0 Å². The normalized spacial score (nSPS) is 12.5. The highest BCUT2D eigenvalue weighted by Crippen LogP contribution is 2.22. The van der Waals surface area contributed by atoms with Crippen LogP contribution in [0.15, 0.2) is 36.5 Å². The lowest BCUT2D eigenvalue weighted by atomic mass is 10.1. The van der Waals surface area contributed by atoms with Crippen LogP contribution in [0.3, 0.4) is 0 Å². The molecular formula is C17H17NO3. The van der Waals surface area contributed by atoms with Gasteiger partial charge < -0.3 is 9.47 Å². The standard InChI is InChI=1S/C17H17NO3/c1-5-15(20-16(19)21-17(2,3)4)13-10-12-8-6-7-9-14(12)18-11-13/h1,6-11,15H,2-4H3. The topological polar surface area (TPSA) is 48.4 Å². The van der Waals surface area contributed by atoms with Gasteiger partial charge in [0.05, 0.1) is 5.52 Å². The molecule has 4 heteroatoms. The smallest absolute Gasteiger partial charge is 0.429 e. The van der Waals surface area contributed by atoms with Crippen LogP contribution in [0.4, 0.5) is 4.79 Å². The molecule has 0 aliphatic heterocycles. The van der Waals surface area contributed by atoms with Crippen molar-refractivity contribution >= 4 is 17.1 Å². The number of hydrogen-bond acceptors (Lipinski definition) is 4. The van der Waals surface area contributed by atoms with Gasteiger partial charge in [0.2, 0.25) is 0 Å². The van der Waals surface area contributed by atoms with Gasteiger partial charge in [-0.15, -0.1) is 6.42 Å². The number of pyridine rings is 1. The van der Waals surface area contributed by atoms with Crippen LogP contribution in [0.5, 0.6) is 0 Å². The molecule has 1 aromatic carbocycles. The van der Waals surface area contributed by atoms with E-state index in [4.69, 9.17) is 15.9 Å². The van der Waals surface area contributed by atoms with Crippen molar-refractivity contribution in [3.05, 3.63) is 42.1 Å². The zero-order valence-electron chi connectivity index (χ0n) is 12.3. The van der Waals surface area contributed by atoms with Crippen molar-refractivity contribution in [2.75, 3.05) is 0 Å². The highest BCUT2D eigenvalue weighted by molar-refractivity contribution is 5.79. The van der Waals surface area contributed by atoms with Crippen LogP contribution in [0.1, 0.15) is 32.4 Å². The fourth-order valence-corrected chi connectivity index (χ4v) is 1.80. The van der Waals surface area contributed by atoms with Crippen molar-refractivity contribution in [2.45, 2.75) is 32.5 Å². The fraction of sp³-hybridized carbons (Fsp3) is 0.294. The van der Waals surface area contributed by atoms with E-state index in [2.05, 4.69) is 10.9 Å².